The number of nitrogens with zero attached hydrogens (tertiary/aromatic N) is 3. The summed E-state index contributed by atoms with van der Waals surface area (Å²) in [5, 5.41) is 3.53. The number of carbonyl (C=O) groups excluding carboxylic acids is 1. The van der Waals surface area contributed by atoms with E-state index in [1.807, 2.05) is 44.3 Å². The average Bonchev–Trinajstić information content (AvgIpc) is 3.09. The van der Waals surface area contributed by atoms with Gasteiger partial charge in [0, 0.05) is 43.8 Å². The number of carbonyl (C=O) groups is 1. The lowest BCUT2D eigenvalue weighted by atomic mass is 10.2. The predicted octanol–water partition coefficient (Wildman–Crippen LogP) is 1.60. The first-order valence-corrected chi connectivity index (χ1v) is 8.85. The molecule has 0 bridgehead atoms. The molecule has 1 N–H and O–H groups in total. The molecule has 2 heterocycles. The number of rotatable bonds is 5. The van der Waals surface area contributed by atoms with Crippen LogP contribution in [-0.4, -0.2) is 40.8 Å². The summed E-state index contributed by atoms with van der Waals surface area (Å²) >= 11 is 1.54. The Kier molecular flexibility index (Phi) is 4.89. The smallest absolute Gasteiger partial charge is 0.267 e. The summed E-state index contributed by atoms with van der Waals surface area (Å²) in [5.41, 5.74) is 0.929. The molecule has 0 radical (unpaired) electrons. The Morgan fingerprint density at radius 2 is 2.17 bits per heavy atom. The quantitative estimate of drug-likeness (QED) is 0.835. The summed E-state index contributed by atoms with van der Waals surface area (Å²) in [7, 11) is 1.98. The molecule has 1 aliphatic heterocycles. The van der Waals surface area contributed by atoms with Crippen molar-refractivity contribution in [3.8, 4) is 0 Å². The number of hydrogen-bond acceptors (Lipinski definition) is 5. The molecule has 0 fully saturated rings. The molecular formula is C17H20N4O2S. The zero-order valence-corrected chi connectivity index (χ0v) is 14.5. The SMILES string of the molecule is CC(CNC(=O)c1cnc2n(c1=O)CCS2)N(C)c1ccccc1. The van der Waals surface area contributed by atoms with Gasteiger partial charge in [-0.2, -0.15) is 0 Å². The number of benzene rings is 1. The van der Waals surface area contributed by atoms with E-state index in [1.165, 1.54) is 18.0 Å². The van der Waals surface area contributed by atoms with Gasteiger partial charge in [0.2, 0.25) is 0 Å². The Morgan fingerprint density at radius 1 is 1.42 bits per heavy atom. The Labute approximate surface area is 144 Å². The molecule has 2 aromatic rings. The lowest BCUT2D eigenvalue weighted by Gasteiger charge is -2.27. The Morgan fingerprint density at radius 3 is 2.92 bits per heavy atom. The van der Waals surface area contributed by atoms with Crippen LogP contribution in [0, 0.1) is 0 Å². The van der Waals surface area contributed by atoms with Crippen LogP contribution in [0.15, 0.2) is 46.5 Å². The molecule has 7 heteroatoms. The van der Waals surface area contributed by atoms with Crippen LogP contribution in [0.2, 0.25) is 0 Å². The van der Waals surface area contributed by atoms with Crippen molar-refractivity contribution < 1.29 is 4.79 Å². The van der Waals surface area contributed by atoms with E-state index < -0.39 is 0 Å². The largest absolute Gasteiger partial charge is 0.370 e. The molecule has 1 unspecified atom stereocenters. The second-order valence-corrected chi connectivity index (χ2v) is 6.83. The molecule has 1 aromatic carbocycles. The number of para-hydroxylation sites is 1. The van der Waals surface area contributed by atoms with E-state index in [0.29, 0.717) is 18.2 Å². The number of likely N-dealkylation sites (N-methyl/N-ethyl adjacent to an activating group) is 1. The third-order valence-corrected chi connectivity index (χ3v) is 5.15. The Balaban J connectivity index is 1.65. The fraction of sp³-hybridized carbons (Fsp3) is 0.353. The van der Waals surface area contributed by atoms with Gasteiger partial charge in [0.15, 0.2) is 5.16 Å². The fourth-order valence-electron chi connectivity index (χ4n) is 2.56. The molecule has 0 aliphatic carbocycles. The monoisotopic (exact) mass is 344 g/mol. The van der Waals surface area contributed by atoms with Gasteiger partial charge in [0.25, 0.3) is 11.5 Å². The van der Waals surface area contributed by atoms with Gasteiger partial charge in [-0.3, -0.25) is 14.2 Å². The van der Waals surface area contributed by atoms with Crippen molar-refractivity contribution in [2.45, 2.75) is 24.7 Å². The minimum absolute atomic E-state index is 0.0945. The highest BCUT2D eigenvalue weighted by atomic mass is 32.2. The van der Waals surface area contributed by atoms with Crippen molar-refractivity contribution in [2.24, 2.45) is 0 Å². The van der Waals surface area contributed by atoms with Crippen LogP contribution >= 0.6 is 11.8 Å². The number of anilines is 1. The van der Waals surface area contributed by atoms with Crippen molar-refractivity contribution in [3.05, 3.63) is 52.4 Å². The summed E-state index contributed by atoms with van der Waals surface area (Å²) in [6.45, 7) is 3.08. The minimum atomic E-state index is -0.368. The van der Waals surface area contributed by atoms with E-state index in [9.17, 15) is 9.59 Å². The standard InChI is InChI=1S/C17H20N4O2S/c1-12(20(2)13-6-4-3-5-7-13)10-18-15(22)14-11-19-17-21(16(14)23)8-9-24-17/h3-7,11-12H,8-10H2,1-2H3,(H,18,22). The van der Waals surface area contributed by atoms with Crippen LogP contribution in [0.5, 0.6) is 0 Å². The van der Waals surface area contributed by atoms with E-state index in [4.69, 9.17) is 0 Å². The van der Waals surface area contributed by atoms with E-state index >= 15 is 0 Å². The molecule has 3 rings (SSSR count). The van der Waals surface area contributed by atoms with Crippen LogP contribution < -0.4 is 15.8 Å². The number of aromatic nitrogens is 2. The molecule has 0 saturated carbocycles. The first-order valence-electron chi connectivity index (χ1n) is 7.86. The normalized spacial score (nSPS) is 14.1. The highest BCUT2D eigenvalue weighted by molar-refractivity contribution is 7.99. The van der Waals surface area contributed by atoms with Gasteiger partial charge in [-0.05, 0) is 19.1 Å². The van der Waals surface area contributed by atoms with E-state index in [1.54, 1.807) is 4.57 Å². The highest BCUT2D eigenvalue weighted by Gasteiger charge is 2.20. The summed E-state index contributed by atoms with van der Waals surface area (Å²) in [4.78, 5) is 31.0. The maximum Gasteiger partial charge on any atom is 0.267 e. The maximum absolute atomic E-state index is 12.3. The predicted molar refractivity (Wildman–Crippen MR) is 95.9 cm³/mol. The van der Waals surface area contributed by atoms with Crippen molar-refractivity contribution in [2.75, 3.05) is 24.2 Å². The second kappa shape index (κ2) is 7.09. The van der Waals surface area contributed by atoms with Gasteiger partial charge in [-0.1, -0.05) is 30.0 Å². The lowest BCUT2D eigenvalue weighted by Crippen LogP contribution is -2.42. The Bertz CT molecular complexity index is 791. The summed E-state index contributed by atoms with van der Waals surface area (Å²) < 4.78 is 1.57. The summed E-state index contributed by atoms with van der Waals surface area (Å²) in [6.07, 6.45) is 1.38. The lowest BCUT2D eigenvalue weighted by molar-refractivity contribution is 0.0948. The molecule has 126 valence electrons. The van der Waals surface area contributed by atoms with Gasteiger partial charge in [0.1, 0.15) is 5.56 Å². The minimum Gasteiger partial charge on any atom is -0.370 e. The van der Waals surface area contributed by atoms with E-state index in [-0.39, 0.29) is 23.1 Å². The van der Waals surface area contributed by atoms with Crippen molar-refractivity contribution in [1.82, 2.24) is 14.9 Å². The second-order valence-electron chi connectivity index (χ2n) is 5.77. The average molecular weight is 344 g/mol. The van der Waals surface area contributed by atoms with Gasteiger partial charge < -0.3 is 10.2 Å². The summed E-state index contributed by atoms with van der Waals surface area (Å²) in [6, 6.07) is 10.1. The maximum atomic E-state index is 12.3. The molecule has 0 spiro atoms. The van der Waals surface area contributed by atoms with Crippen molar-refractivity contribution in [3.63, 3.8) is 0 Å². The molecule has 24 heavy (non-hydrogen) atoms. The zero-order valence-electron chi connectivity index (χ0n) is 13.7. The molecule has 6 nitrogen and oxygen atoms in total. The number of nitrogens with one attached hydrogen (secondary N) is 1. The fourth-order valence-corrected chi connectivity index (χ4v) is 3.48. The molecule has 1 amide bonds. The van der Waals surface area contributed by atoms with Gasteiger partial charge >= 0.3 is 0 Å². The highest BCUT2D eigenvalue weighted by Crippen LogP contribution is 2.20. The van der Waals surface area contributed by atoms with E-state index in [2.05, 4.69) is 15.2 Å². The topological polar surface area (TPSA) is 67.2 Å². The number of hydrogen-bond donors (Lipinski definition) is 1. The molecule has 1 aliphatic rings. The molecule has 0 saturated heterocycles. The van der Waals surface area contributed by atoms with Crippen molar-refractivity contribution >= 4 is 23.4 Å². The van der Waals surface area contributed by atoms with Gasteiger partial charge in [-0.15, -0.1) is 0 Å². The van der Waals surface area contributed by atoms with Gasteiger partial charge in [-0.25, -0.2) is 4.98 Å². The first-order chi connectivity index (χ1) is 11.6. The van der Waals surface area contributed by atoms with Crippen LogP contribution in [0.3, 0.4) is 0 Å². The van der Waals surface area contributed by atoms with Crippen LogP contribution in [0.1, 0.15) is 17.3 Å². The van der Waals surface area contributed by atoms with Crippen molar-refractivity contribution in [1.29, 1.82) is 0 Å². The van der Waals surface area contributed by atoms with Crippen LogP contribution in [-0.2, 0) is 6.54 Å². The third-order valence-electron chi connectivity index (χ3n) is 4.18. The molecular weight excluding hydrogens is 324 g/mol. The number of amides is 1. The van der Waals surface area contributed by atoms with E-state index in [0.717, 1.165) is 11.4 Å². The van der Waals surface area contributed by atoms with Crippen LogP contribution in [0.4, 0.5) is 5.69 Å². The van der Waals surface area contributed by atoms with Gasteiger partial charge in [0.05, 0.1) is 0 Å². The molecule has 1 atom stereocenters. The first kappa shape index (κ1) is 16.6. The molecule has 1 aromatic heterocycles. The number of thioether (sulfide) groups is 1. The third kappa shape index (κ3) is 3.31. The van der Waals surface area contributed by atoms with Crippen LogP contribution in [0.25, 0.3) is 0 Å². The zero-order chi connectivity index (χ0) is 17.1. The summed E-state index contributed by atoms with van der Waals surface area (Å²) in [5.74, 6) is 0.458. The Hall–Kier alpha value is -2.28. The number of fused-ring (bicyclic) bond motifs is 1.